The van der Waals surface area contributed by atoms with E-state index >= 15 is 0 Å². The third-order valence-electron chi connectivity index (χ3n) is 1.80. The lowest BCUT2D eigenvalue weighted by atomic mass is 10.1. The lowest BCUT2D eigenvalue weighted by molar-refractivity contribution is -0.385. The van der Waals surface area contributed by atoms with Crippen LogP contribution in [0.15, 0.2) is 24.3 Å². The van der Waals surface area contributed by atoms with E-state index in [1.807, 2.05) is 5.32 Å². The Morgan fingerprint density at radius 2 is 1.94 bits per heavy atom. The molecule has 16 heavy (non-hydrogen) atoms. The summed E-state index contributed by atoms with van der Waals surface area (Å²) >= 11 is 0. The van der Waals surface area contributed by atoms with Crippen molar-refractivity contribution in [2.75, 3.05) is 7.05 Å². The third kappa shape index (κ3) is 2.53. The van der Waals surface area contributed by atoms with Crippen molar-refractivity contribution in [3.63, 3.8) is 0 Å². The first-order valence-electron chi connectivity index (χ1n) is 4.32. The fourth-order valence-corrected chi connectivity index (χ4v) is 1.06. The fraction of sp³-hybridized carbons (Fsp3) is 0.111. The van der Waals surface area contributed by atoms with E-state index in [0.29, 0.717) is 0 Å². The van der Waals surface area contributed by atoms with Crippen molar-refractivity contribution in [2.45, 2.75) is 0 Å². The molecule has 0 aromatic heterocycles. The molecule has 1 aromatic carbocycles. The Balaban J connectivity index is 2.99. The van der Waals surface area contributed by atoms with E-state index in [0.717, 1.165) is 0 Å². The highest BCUT2D eigenvalue weighted by atomic mass is 16.6. The van der Waals surface area contributed by atoms with E-state index in [1.54, 1.807) is 0 Å². The molecule has 0 aliphatic carbocycles. The van der Waals surface area contributed by atoms with Gasteiger partial charge in [-0.15, -0.1) is 0 Å². The Kier molecular flexibility index (Phi) is 3.54. The molecule has 0 saturated carbocycles. The molecule has 0 aliphatic heterocycles. The zero-order valence-electron chi connectivity index (χ0n) is 8.39. The van der Waals surface area contributed by atoms with Crippen LogP contribution in [0.25, 0.3) is 0 Å². The maximum absolute atomic E-state index is 11.5. The van der Waals surface area contributed by atoms with E-state index in [2.05, 4.69) is 5.32 Å². The minimum absolute atomic E-state index is 0.156. The van der Waals surface area contributed by atoms with Crippen molar-refractivity contribution in [3.05, 3.63) is 39.9 Å². The lowest BCUT2D eigenvalue weighted by Crippen LogP contribution is -2.37. The summed E-state index contributed by atoms with van der Waals surface area (Å²) in [5.74, 6) is -0.813. The van der Waals surface area contributed by atoms with Gasteiger partial charge in [-0.3, -0.25) is 20.2 Å². The van der Waals surface area contributed by atoms with Gasteiger partial charge in [0.25, 0.3) is 11.6 Å². The van der Waals surface area contributed by atoms with Crippen LogP contribution in [0.4, 0.5) is 10.5 Å². The van der Waals surface area contributed by atoms with Gasteiger partial charge in [0.1, 0.15) is 5.56 Å². The highest BCUT2D eigenvalue weighted by molar-refractivity contribution is 6.06. The molecule has 1 aromatic rings. The van der Waals surface area contributed by atoms with E-state index in [9.17, 15) is 19.7 Å². The summed E-state index contributed by atoms with van der Waals surface area (Å²) in [4.78, 5) is 32.3. The monoisotopic (exact) mass is 223 g/mol. The molecule has 84 valence electrons. The smallest absolute Gasteiger partial charge is 0.321 e. The summed E-state index contributed by atoms with van der Waals surface area (Å²) in [6.45, 7) is 0. The number of imide groups is 1. The number of nitro benzene ring substituents is 1. The van der Waals surface area contributed by atoms with Crippen LogP contribution in [0.1, 0.15) is 10.4 Å². The number of para-hydroxylation sites is 1. The van der Waals surface area contributed by atoms with Crippen LogP contribution in [0, 0.1) is 10.1 Å². The van der Waals surface area contributed by atoms with Crippen LogP contribution in [-0.4, -0.2) is 23.9 Å². The minimum Gasteiger partial charge on any atom is -0.341 e. The summed E-state index contributed by atoms with van der Waals surface area (Å²) in [6.07, 6.45) is 0. The van der Waals surface area contributed by atoms with Gasteiger partial charge in [0, 0.05) is 13.1 Å². The van der Waals surface area contributed by atoms with Gasteiger partial charge in [-0.25, -0.2) is 4.79 Å². The average Bonchev–Trinajstić information content (AvgIpc) is 2.28. The highest BCUT2D eigenvalue weighted by Crippen LogP contribution is 2.16. The zero-order valence-corrected chi connectivity index (χ0v) is 8.39. The summed E-state index contributed by atoms with van der Waals surface area (Å²) in [7, 11) is 1.34. The molecule has 0 aliphatic rings. The summed E-state index contributed by atoms with van der Waals surface area (Å²) in [5.41, 5.74) is -0.500. The molecule has 3 amide bonds. The van der Waals surface area contributed by atoms with Gasteiger partial charge in [0.15, 0.2) is 0 Å². The predicted molar refractivity (Wildman–Crippen MR) is 55.0 cm³/mol. The molecule has 0 atom stereocenters. The Morgan fingerprint density at radius 3 is 2.50 bits per heavy atom. The second-order valence-electron chi connectivity index (χ2n) is 2.81. The Hall–Kier alpha value is -2.44. The van der Waals surface area contributed by atoms with Crippen LogP contribution in [-0.2, 0) is 0 Å². The van der Waals surface area contributed by atoms with Crippen molar-refractivity contribution in [3.8, 4) is 0 Å². The maximum atomic E-state index is 11.5. The van der Waals surface area contributed by atoms with E-state index < -0.39 is 16.9 Å². The number of rotatable bonds is 2. The van der Waals surface area contributed by atoms with Gasteiger partial charge in [0.05, 0.1) is 4.92 Å². The average molecular weight is 223 g/mol. The first-order chi connectivity index (χ1) is 7.56. The van der Waals surface area contributed by atoms with Crippen molar-refractivity contribution in [1.29, 1.82) is 0 Å². The van der Waals surface area contributed by atoms with E-state index in [1.165, 1.54) is 31.3 Å². The largest absolute Gasteiger partial charge is 0.341 e. The number of hydrogen-bond donors (Lipinski definition) is 2. The predicted octanol–water partition coefficient (Wildman–Crippen LogP) is 0.664. The van der Waals surface area contributed by atoms with Gasteiger partial charge in [0.2, 0.25) is 0 Å². The number of carbonyl (C=O) groups is 2. The topological polar surface area (TPSA) is 101 Å². The van der Waals surface area contributed by atoms with Crippen molar-refractivity contribution in [1.82, 2.24) is 10.6 Å². The Morgan fingerprint density at radius 1 is 1.31 bits per heavy atom. The normalized spacial score (nSPS) is 9.31. The first-order valence-corrected chi connectivity index (χ1v) is 4.32. The molecular weight excluding hydrogens is 214 g/mol. The molecule has 0 saturated heterocycles. The van der Waals surface area contributed by atoms with Crippen LogP contribution >= 0.6 is 0 Å². The second-order valence-corrected chi connectivity index (χ2v) is 2.81. The molecule has 0 fully saturated rings. The number of hydrogen-bond acceptors (Lipinski definition) is 4. The van der Waals surface area contributed by atoms with Gasteiger partial charge in [-0.05, 0) is 6.07 Å². The summed E-state index contributed by atoms with van der Waals surface area (Å²) in [5, 5.41) is 14.7. The standard InChI is InChI=1S/C9H9N3O4/c1-10-9(14)11-8(13)6-4-2-3-5-7(6)12(15)16/h2-5H,1H3,(H2,10,11,13,14). The number of urea groups is 1. The first kappa shape index (κ1) is 11.6. The van der Waals surface area contributed by atoms with Crippen LogP contribution in [0.2, 0.25) is 0 Å². The van der Waals surface area contributed by atoms with E-state index in [-0.39, 0.29) is 11.3 Å². The van der Waals surface area contributed by atoms with E-state index in [4.69, 9.17) is 0 Å². The zero-order chi connectivity index (χ0) is 12.1. The van der Waals surface area contributed by atoms with Crippen LogP contribution in [0.5, 0.6) is 0 Å². The Labute approximate surface area is 90.6 Å². The quantitative estimate of drug-likeness (QED) is 0.568. The number of amides is 3. The van der Waals surface area contributed by atoms with Crippen molar-refractivity contribution in [2.24, 2.45) is 0 Å². The summed E-state index contributed by atoms with van der Waals surface area (Å²) < 4.78 is 0. The maximum Gasteiger partial charge on any atom is 0.321 e. The molecular formula is C9H9N3O4. The second kappa shape index (κ2) is 4.87. The SMILES string of the molecule is CNC(=O)NC(=O)c1ccccc1[N+](=O)[O-]. The Bertz CT molecular complexity index is 444. The van der Waals surface area contributed by atoms with Gasteiger partial charge >= 0.3 is 6.03 Å². The number of nitrogens with zero attached hydrogens (tertiary/aromatic N) is 1. The lowest BCUT2D eigenvalue weighted by Gasteiger charge is -2.03. The summed E-state index contributed by atoms with van der Waals surface area (Å²) in [6, 6.07) is 4.67. The van der Waals surface area contributed by atoms with Crippen LogP contribution in [0.3, 0.4) is 0 Å². The number of carbonyl (C=O) groups excluding carboxylic acids is 2. The molecule has 7 nitrogen and oxygen atoms in total. The van der Waals surface area contributed by atoms with Crippen molar-refractivity contribution >= 4 is 17.6 Å². The molecule has 0 heterocycles. The van der Waals surface area contributed by atoms with Crippen LogP contribution < -0.4 is 10.6 Å². The highest BCUT2D eigenvalue weighted by Gasteiger charge is 2.20. The third-order valence-corrected chi connectivity index (χ3v) is 1.80. The molecule has 1 rings (SSSR count). The molecule has 0 spiro atoms. The molecule has 7 heteroatoms. The number of nitro groups is 1. The number of benzene rings is 1. The molecule has 0 bridgehead atoms. The van der Waals surface area contributed by atoms with Gasteiger partial charge < -0.3 is 5.32 Å². The molecule has 0 unspecified atom stereocenters. The van der Waals surface area contributed by atoms with Crippen molar-refractivity contribution < 1.29 is 14.5 Å². The molecule has 2 N–H and O–H groups in total. The number of nitrogens with one attached hydrogen (secondary N) is 2. The molecule has 0 radical (unpaired) electrons. The fourth-order valence-electron chi connectivity index (χ4n) is 1.06. The minimum atomic E-state index is -0.813. The van der Waals surface area contributed by atoms with Gasteiger partial charge in [-0.1, -0.05) is 12.1 Å². The van der Waals surface area contributed by atoms with Gasteiger partial charge in [-0.2, -0.15) is 0 Å².